The standard InChI is InChI=1S/C13H17N/c1-4-5-12-7-6-11(8-10(2)3)9-13(12)14/h4,6-7,9H,1-2,5,8,14H2,3H3. The number of allylic oxidation sites excluding steroid dienone is 2. The lowest BCUT2D eigenvalue weighted by Gasteiger charge is -2.06. The molecule has 0 aliphatic carbocycles. The average molecular weight is 187 g/mol. The van der Waals surface area contributed by atoms with Crippen molar-refractivity contribution in [2.75, 3.05) is 5.73 Å². The van der Waals surface area contributed by atoms with Crippen LogP contribution in [0, 0.1) is 0 Å². The molecule has 0 fully saturated rings. The normalized spacial score (nSPS) is 9.79. The fourth-order valence-electron chi connectivity index (χ4n) is 1.44. The monoisotopic (exact) mass is 187 g/mol. The zero-order valence-electron chi connectivity index (χ0n) is 8.72. The van der Waals surface area contributed by atoms with Crippen molar-refractivity contribution in [1.29, 1.82) is 0 Å². The summed E-state index contributed by atoms with van der Waals surface area (Å²) in [4.78, 5) is 0. The van der Waals surface area contributed by atoms with Crippen molar-refractivity contribution >= 4 is 5.69 Å². The first-order valence-corrected chi connectivity index (χ1v) is 4.76. The van der Waals surface area contributed by atoms with E-state index in [1.165, 1.54) is 5.56 Å². The summed E-state index contributed by atoms with van der Waals surface area (Å²) < 4.78 is 0. The Morgan fingerprint density at radius 1 is 1.50 bits per heavy atom. The van der Waals surface area contributed by atoms with Crippen LogP contribution in [0.3, 0.4) is 0 Å². The number of nitrogens with two attached hydrogens (primary N) is 1. The molecule has 74 valence electrons. The van der Waals surface area contributed by atoms with E-state index >= 15 is 0 Å². The second-order valence-electron chi connectivity index (χ2n) is 3.66. The number of hydrogen-bond acceptors (Lipinski definition) is 1. The van der Waals surface area contributed by atoms with Gasteiger partial charge in [-0.1, -0.05) is 30.4 Å². The van der Waals surface area contributed by atoms with E-state index in [-0.39, 0.29) is 0 Å². The molecule has 0 amide bonds. The predicted octanol–water partition coefficient (Wildman–Crippen LogP) is 3.12. The summed E-state index contributed by atoms with van der Waals surface area (Å²) in [6.45, 7) is 9.60. The van der Waals surface area contributed by atoms with Crippen LogP contribution in [0.15, 0.2) is 43.0 Å². The third kappa shape index (κ3) is 2.77. The summed E-state index contributed by atoms with van der Waals surface area (Å²) in [6, 6.07) is 6.19. The molecular formula is C13H17N. The van der Waals surface area contributed by atoms with Gasteiger partial charge in [-0.15, -0.1) is 6.58 Å². The predicted molar refractivity (Wildman–Crippen MR) is 63.3 cm³/mol. The van der Waals surface area contributed by atoms with E-state index in [1.54, 1.807) is 0 Å². The molecular weight excluding hydrogens is 170 g/mol. The number of rotatable bonds is 4. The first-order chi connectivity index (χ1) is 6.63. The molecule has 1 heteroatoms. The van der Waals surface area contributed by atoms with Crippen molar-refractivity contribution in [1.82, 2.24) is 0 Å². The van der Waals surface area contributed by atoms with E-state index < -0.39 is 0 Å². The van der Waals surface area contributed by atoms with Crippen LogP contribution in [0.4, 0.5) is 5.69 Å². The van der Waals surface area contributed by atoms with Crippen LogP contribution in [0.1, 0.15) is 18.1 Å². The van der Waals surface area contributed by atoms with E-state index in [4.69, 9.17) is 5.73 Å². The number of hydrogen-bond donors (Lipinski definition) is 1. The third-order valence-corrected chi connectivity index (χ3v) is 2.08. The van der Waals surface area contributed by atoms with Crippen LogP contribution in [0.5, 0.6) is 0 Å². The van der Waals surface area contributed by atoms with Crippen LogP contribution in [-0.2, 0) is 12.8 Å². The van der Waals surface area contributed by atoms with Crippen LogP contribution in [0.2, 0.25) is 0 Å². The smallest absolute Gasteiger partial charge is 0.0352 e. The Kier molecular flexibility index (Phi) is 3.52. The minimum absolute atomic E-state index is 0.833. The first kappa shape index (κ1) is 10.6. The van der Waals surface area contributed by atoms with Crippen molar-refractivity contribution in [3.8, 4) is 0 Å². The molecule has 1 aromatic carbocycles. The van der Waals surface area contributed by atoms with Crippen molar-refractivity contribution in [2.24, 2.45) is 0 Å². The number of benzene rings is 1. The van der Waals surface area contributed by atoms with Gasteiger partial charge in [-0.05, 0) is 37.0 Å². The van der Waals surface area contributed by atoms with Gasteiger partial charge in [-0.2, -0.15) is 0 Å². The Hall–Kier alpha value is -1.50. The maximum atomic E-state index is 5.91. The molecule has 0 heterocycles. The minimum atomic E-state index is 0.833. The fourth-order valence-corrected chi connectivity index (χ4v) is 1.44. The van der Waals surface area contributed by atoms with Gasteiger partial charge >= 0.3 is 0 Å². The van der Waals surface area contributed by atoms with E-state index in [9.17, 15) is 0 Å². The summed E-state index contributed by atoms with van der Waals surface area (Å²) in [6.07, 6.45) is 3.60. The Labute approximate surface area is 85.9 Å². The van der Waals surface area contributed by atoms with Gasteiger partial charge in [0.1, 0.15) is 0 Å². The second kappa shape index (κ2) is 4.66. The lowest BCUT2D eigenvalue weighted by Crippen LogP contribution is -1.95. The van der Waals surface area contributed by atoms with Gasteiger partial charge in [0.15, 0.2) is 0 Å². The van der Waals surface area contributed by atoms with Crippen LogP contribution in [-0.4, -0.2) is 0 Å². The lowest BCUT2D eigenvalue weighted by atomic mass is 10.0. The van der Waals surface area contributed by atoms with Gasteiger partial charge in [0, 0.05) is 5.69 Å². The molecule has 0 aliphatic heterocycles. The Balaban J connectivity index is 2.88. The van der Waals surface area contributed by atoms with Gasteiger partial charge in [-0.25, -0.2) is 0 Å². The fraction of sp³-hybridized carbons (Fsp3) is 0.231. The van der Waals surface area contributed by atoms with Gasteiger partial charge in [-0.3, -0.25) is 0 Å². The zero-order valence-corrected chi connectivity index (χ0v) is 8.72. The molecule has 0 spiro atoms. The molecule has 0 atom stereocenters. The number of nitrogen functional groups attached to an aromatic ring is 1. The third-order valence-electron chi connectivity index (χ3n) is 2.08. The molecule has 0 bridgehead atoms. The summed E-state index contributed by atoms with van der Waals surface area (Å²) in [7, 11) is 0. The molecule has 14 heavy (non-hydrogen) atoms. The van der Waals surface area contributed by atoms with Gasteiger partial charge < -0.3 is 5.73 Å². The number of anilines is 1. The first-order valence-electron chi connectivity index (χ1n) is 4.76. The van der Waals surface area contributed by atoms with Crippen LogP contribution >= 0.6 is 0 Å². The van der Waals surface area contributed by atoms with E-state index in [0.29, 0.717) is 0 Å². The van der Waals surface area contributed by atoms with Gasteiger partial charge in [0.05, 0.1) is 0 Å². The van der Waals surface area contributed by atoms with Gasteiger partial charge in [0.2, 0.25) is 0 Å². The van der Waals surface area contributed by atoms with Crippen molar-refractivity contribution in [3.05, 3.63) is 54.1 Å². The Bertz CT molecular complexity index is 350. The second-order valence-corrected chi connectivity index (χ2v) is 3.66. The highest BCUT2D eigenvalue weighted by Crippen LogP contribution is 2.17. The maximum absolute atomic E-state index is 5.91. The molecule has 0 saturated heterocycles. The molecule has 2 N–H and O–H groups in total. The molecule has 0 aromatic heterocycles. The van der Waals surface area contributed by atoms with Crippen molar-refractivity contribution < 1.29 is 0 Å². The van der Waals surface area contributed by atoms with Crippen LogP contribution in [0.25, 0.3) is 0 Å². The average Bonchev–Trinajstić information content (AvgIpc) is 2.09. The highest BCUT2D eigenvalue weighted by Gasteiger charge is 1.99. The van der Waals surface area contributed by atoms with E-state index in [0.717, 1.165) is 29.7 Å². The lowest BCUT2D eigenvalue weighted by molar-refractivity contribution is 1.14. The van der Waals surface area contributed by atoms with Gasteiger partial charge in [0.25, 0.3) is 0 Å². The molecule has 1 nitrogen and oxygen atoms in total. The highest BCUT2D eigenvalue weighted by atomic mass is 14.6. The van der Waals surface area contributed by atoms with Crippen molar-refractivity contribution in [2.45, 2.75) is 19.8 Å². The summed E-state index contributed by atoms with van der Waals surface area (Å²) >= 11 is 0. The maximum Gasteiger partial charge on any atom is 0.0352 e. The summed E-state index contributed by atoms with van der Waals surface area (Å²) in [5, 5.41) is 0. The molecule has 0 saturated carbocycles. The van der Waals surface area contributed by atoms with Crippen LogP contribution < -0.4 is 5.73 Å². The minimum Gasteiger partial charge on any atom is -0.398 e. The molecule has 1 rings (SSSR count). The quantitative estimate of drug-likeness (QED) is 0.569. The summed E-state index contributed by atoms with van der Waals surface area (Å²) in [5.41, 5.74) is 10.3. The SMILES string of the molecule is C=CCc1ccc(CC(=C)C)cc1N. The molecule has 1 aromatic rings. The highest BCUT2D eigenvalue weighted by molar-refractivity contribution is 5.50. The Morgan fingerprint density at radius 3 is 2.71 bits per heavy atom. The van der Waals surface area contributed by atoms with E-state index in [1.807, 2.05) is 19.1 Å². The zero-order chi connectivity index (χ0) is 10.6. The molecule has 0 aliphatic rings. The van der Waals surface area contributed by atoms with Crippen molar-refractivity contribution in [3.63, 3.8) is 0 Å². The largest absolute Gasteiger partial charge is 0.398 e. The molecule has 0 radical (unpaired) electrons. The summed E-state index contributed by atoms with van der Waals surface area (Å²) in [5.74, 6) is 0. The Morgan fingerprint density at radius 2 is 2.21 bits per heavy atom. The van der Waals surface area contributed by atoms with E-state index in [2.05, 4.69) is 25.3 Å². The molecule has 0 unspecified atom stereocenters. The topological polar surface area (TPSA) is 26.0 Å².